The maximum atomic E-state index is 12.3. The fourth-order valence-electron chi connectivity index (χ4n) is 4.09. The fourth-order valence-corrected chi connectivity index (χ4v) is 4.09. The minimum atomic E-state index is -0.982. The number of carboxylic acid groups (broad SMARTS) is 1. The summed E-state index contributed by atoms with van der Waals surface area (Å²) in [6.45, 7) is 3.29. The minimum Gasteiger partial charge on any atom is -0.493 e. The summed E-state index contributed by atoms with van der Waals surface area (Å²) < 4.78 is 19.8. The van der Waals surface area contributed by atoms with Crippen molar-refractivity contribution in [1.29, 1.82) is 0 Å². The van der Waals surface area contributed by atoms with Gasteiger partial charge in [0.15, 0.2) is 11.5 Å². The number of carbonyl (C=O) groups is 3. The van der Waals surface area contributed by atoms with Gasteiger partial charge in [-0.05, 0) is 37.6 Å². The lowest BCUT2D eigenvalue weighted by atomic mass is 9.79. The Morgan fingerprint density at radius 2 is 1.45 bits per heavy atom. The molecule has 0 amide bonds. The molecule has 0 saturated heterocycles. The normalized spacial score (nSPS) is 13.2. The molecule has 1 aliphatic rings. The molecule has 3 rings (SSSR count). The first-order chi connectivity index (χ1) is 19.0. The van der Waals surface area contributed by atoms with Crippen molar-refractivity contribution in [3.63, 3.8) is 0 Å². The van der Waals surface area contributed by atoms with Crippen molar-refractivity contribution in [2.24, 2.45) is 0 Å². The summed E-state index contributed by atoms with van der Waals surface area (Å²) in [4.78, 5) is 45.9. The summed E-state index contributed by atoms with van der Waals surface area (Å²) in [7, 11) is 5.50. The first kappa shape index (κ1) is 31.1. The van der Waals surface area contributed by atoms with E-state index in [2.05, 4.69) is 5.32 Å². The van der Waals surface area contributed by atoms with Gasteiger partial charge >= 0.3 is 17.9 Å². The number of carbonyl (C=O) groups excluding carboxylic acids is 2. The van der Waals surface area contributed by atoms with Crippen molar-refractivity contribution in [3.8, 4) is 11.5 Å². The Bertz CT molecular complexity index is 1350. The molecule has 12 nitrogen and oxygen atoms in total. The minimum absolute atomic E-state index is 0.128. The first-order valence-corrected chi connectivity index (χ1v) is 11.7. The van der Waals surface area contributed by atoms with Gasteiger partial charge in [-0.1, -0.05) is 24.3 Å². The van der Waals surface area contributed by atoms with Crippen LogP contribution in [0.15, 0.2) is 71.1 Å². The molecule has 0 radical (unpaired) electrons. The van der Waals surface area contributed by atoms with Gasteiger partial charge < -0.3 is 29.4 Å². The Morgan fingerprint density at radius 3 is 1.93 bits per heavy atom. The number of nitrogens with zero attached hydrogens (tertiary/aromatic N) is 1. The second kappa shape index (κ2) is 14.1. The lowest BCUT2D eigenvalue weighted by Gasteiger charge is -2.29. The van der Waals surface area contributed by atoms with Crippen LogP contribution in [0, 0.1) is 10.1 Å². The number of dihydropyridines is 1. The molecule has 2 N–H and O–H groups in total. The van der Waals surface area contributed by atoms with Crippen LogP contribution in [0.25, 0.3) is 6.08 Å². The average Bonchev–Trinajstić information content (AvgIpc) is 2.94. The number of allylic oxidation sites excluding steroid dienone is 2. The number of para-hydroxylation sites is 1. The zero-order valence-corrected chi connectivity index (χ0v) is 22.8. The quantitative estimate of drug-likeness (QED) is 0.210. The molecular formula is C28H30N2O10. The first-order valence-electron chi connectivity index (χ1n) is 11.7. The highest BCUT2D eigenvalue weighted by molar-refractivity contribution is 6.00. The fraction of sp³-hybridized carbons (Fsp3) is 0.250. The van der Waals surface area contributed by atoms with E-state index in [9.17, 15) is 24.5 Å². The van der Waals surface area contributed by atoms with Crippen LogP contribution in [0.3, 0.4) is 0 Å². The monoisotopic (exact) mass is 554 g/mol. The van der Waals surface area contributed by atoms with Crippen LogP contribution in [0.2, 0.25) is 0 Å². The van der Waals surface area contributed by atoms with E-state index in [1.807, 2.05) is 0 Å². The van der Waals surface area contributed by atoms with Crippen molar-refractivity contribution >= 4 is 29.7 Å². The van der Waals surface area contributed by atoms with Crippen LogP contribution in [-0.4, -0.2) is 56.4 Å². The number of hydrogen-bond donors (Lipinski definition) is 2. The van der Waals surface area contributed by atoms with Gasteiger partial charge in [0.2, 0.25) is 0 Å². The lowest BCUT2D eigenvalue weighted by Crippen LogP contribution is -2.32. The number of nitrogens with one attached hydrogen (secondary N) is 1. The highest BCUT2D eigenvalue weighted by Crippen LogP contribution is 2.42. The van der Waals surface area contributed by atoms with E-state index in [1.54, 1.807) is 45.2 Å². The SMILES string of the molecule is COC(=O)C1=C(C)NC(C)=C(C(=O)OC)C1c1ccccc1[N+](=O)[O-].COc1ccc(C=CC(=O)O)cc1OC. The molecule has 12 heteroatoms. The van der Waals surface area contributed by atoms with Crippen LogP contribution >= 0.6 is 0 Å². The Morgan fingerprint density at radius 1 is 0.900 bits per heavy atom. The number of esters is 2. The molecule has 212 valence electrons. The van der Waals surface area contributed by atoms with E-state index in [1.165, 1.54) is 45.6 Å². The number of nitro benzene ring substituents is 1. The number of hydrogen-bond acceptors (Lipinski definition) is 10. The molecule has 40 heavy (non-hydrogen) atoms. The highest BCUT2D eigenvalue weighted by atomic mass is 16.6. The maximum Gasteiger partial charge on any atom is 0.336 e. The Hall–Kier alpha value is -5.13. The van der Waals surface area contributed by atoms with Crippen LogP contribution in [0.1, 0.15) is 30.9 Å². The molecule has 0 aromatic heterocycles. The van der Waals surface area contributed by atoms with E-state index in [0.29, 0.717) is 22.9 Å². The van der Waals surface area contributed by atoms with Gasteiger partial charge in [0.25, 0.3) is 5.69 Å². The number of aliphatic carboxylic acids is 1. The Labute approximate surface area is 230 Å². The molecule has 0 saturated carbocycles. The zero-order chi connectivity index (χ0) is 30.0. The largest absolute Gasteiger partial charge is 0.493 e. The Balaban J connectivity index is 0.000000319. The third kappa shape index (κ3) is 7.25. The van der Waals surface area contributed by atoms with E-state index in [4.69, 9.17) is 24.1 Å². The molecule has 1 aliphatic heterocycles. The maximum absolute atomic E-state index is 12.3. The van der Waals surface area contributed by atoms with Crippen molar-refractivity contribution in [1.82, 2.24) is 5.32 Å². The van der Waals surface area contributed by atoms with E-state index in [-0.39, 0.29) is 22.4 Å². The second-order valence-corrected chi connectivity index (χ2v) is 8.22. The molecule has 0 bridgehead atoms. The van der Waals surface area contributed by atoms with E-state index in [0.717, 1.165) is 11.6 Å². The number of methoxy groups -OCH3 is 4. The standard InChI is InChI=1S/C17H18N2O6.C11H12O4/c1-9-13(16(20)24-3)15(14(10(2)18-9)17(21)25-4)11-7-5-6-8-12(11)19(22)23;1-14-9-5-3-8(4-6-11(12)13)7-10(9)15-2/h5-8,15,18H,1-4H3;3-7H,1-2H3,(H,12,13). The predicted octanol–water partition coefficient (Wildman–Crippen LogP) is 3.98. The van der Waals surface area contributed by atoms with Gasteiger partial charge in [0, 0.05) is 29.1 Å². The lowest BCUT2D eigenvalue weighted by molar-refractivity contribution is -0.385. The number of ether oxygens (including phenoxy) is 4. The molecule has 0 spiro atoms. The summed E-state index contributed by atoms with van der Waals surface area (Å²) in [5.41, 5.74) is 1.94. The van der Waals surface area contributed by atoms with Crippen LogP contribution < -0.4 is 14.8 Å². The van der Waals surface area contributed by atoms with Crippen molar-refractivity contribution in [3.05, 3.63) is 92.3 Å². The molecule has 0 aliphatic carbocycles. The third-order valence-electron chi connectivity index (χ3n) is 5.84. The van der Waals surface area contributed by atoms with Gasteiger partial charge in [0.05, 0.1) is 50.4 Å². The predicted molar refractivity (Wildman–Crippen MR) is 145 cm³/mol. The summed E-state index contributed by atoms with van der Waals surface area (Å²) in [6.07, 6.45) is 2.56. The molecule has 0 atom stereocenters. The van der Waals surface area contributed by atoms with Crippen molar-refractivity contribution in [2.45, 2.75) is 19.8 Å². The topological polar surface area (TPSA) is 164 Å². The molecule has 1 heterocycles. The van der Waals surface area contributed by atoms with Crippen LogP contribution in [0.4, 0.5) is 5.69 Å². The van der Waals surface area contributed by atoms with Gasteiger partial charge in [0.1, 0.15) is 0 Å². The summed E-state index contributed by atoms with van der Waals surface area (Å²) in [6, 6.07) is 11.1. The molecule has 2 aromatic carbocycles. The summed E-state index contributed by atoms with van der Waals surface area (Å²) in [5.74, 6) is -2.12. The van der Waals surface area contributed by atoms with E-state index >= 15 is 0 Å². The number of carboxylic acids is 1. The zero-order valence-electron chi connectivity index (χ0n) is 22.8. The summed E-state index contributed by atoms with van der Waals surface area (Å²) >= 11 is 0. The summed E-state index contributed by atoms with van der Waals surface area (Å²) in [5, 5.41) is 22.9. The highest BCUT2D eigenvalue weighted by Gasteiger charge is 2.40. The Kier molecular flexibility index (Phi) is 11.0. The van der Waals surface area contributed by atoms with Crippen LogP contribution in [-0.2, 0) is 23.9 Å². The smallest absolute Gasteiger partial charge is 0.336 e. The van der Waals surface area contributed by atoms with E-state index < -0.39 is 28.7 Å². The van der Waals surface area contributed by atoms with Crippen LogP contribution in [0.5, 0.6) is 11.5 Å². The number of benzene rings is 2. The van der Waals surface area contributed by atoms with Gasteiger partial charge in [-0.3, -0.25) is 10.1 Å². The van der Waals surface area contributed by atoms with Gasteiger partial charge in [-0.25, -0.2) is 14.4 Å². The molecule has 2 aromatic rings. The van der Waals surface area contributed by atoms with Crippen molar-refractivity contribution in [2.75, 3.05) is 28.4 Å². The number of nitro groups is 1. The molecule has 0 fully saturated rings. The van der Waals surface area contributed by atoms with Gasteiger partial charge in [-0.2, -0.15) is 0 Å². The second-order valence-electron chi connectivity index (χ2n) is 8.22. The molecular weight excluding hydrogens is 524 g/mol. The van der Waals surface area contributed by atoms with Crippen molar-refractivity contribution < 1.29 is 43.4 Å². The number of rotatable bonds is 8. The average molecular weight is 555 g/mol. The third-order valence-corrected chi connectivity index (χ3v) is 5.84. The van der Waals surface area contributed by atoms with Gasteiger partial charge in [-0.15, -0.1) is 0 Å². The molecule has 0 unspecified atom stereocenters.